The van der Waals surface area contributed by atoms with E-state index < -0.39 is 46.8 Å². The van der Waals surface area contributed by atoms with Crippen molar-refractivity contribution in [2.24, 2.45) is 0 Å². The molecule has 0 fully saturated rings. The van der Waals surface area contributed by atoms with Gasteiger partial charge in [-0.15, -0.1) is 0 Å². The van der Waals surface area contributed by atoms with E-state index in [2.05, 4.69) is 15.3 Å². The average molecular weight is 469 g/mol. The van der Waals surface area contributed by atoms with Gasteiger partial charge in [0.05, 0.1) is 5.57 Å². The Morgan fingerprint density at radius 1 is 0.970 bits per heavy atom. The lowest BCUT2D eigenvalue weighted by molar-refractivity contribution is -0.141. The van der Waals surface area contributed by atoms with Crippen LogP contribution in [0.2, 0.25) is 0 Å². The first-order valence-electron chi connectivity index (χ1n) is 8.92. The van der Waals surface area contributed by atoms with Gasteiger partial charge in [0.15, 0.2) is 0 Å². The van der Waals surface area contributed by atoms with Gasteiger partial charge in [-0.1, -0.05) is 6.07 Å². The molecule has 0 spiro atoms. The summed E-state index contributed by atoms with van der Waals surface area (Å²) < 4.78 is 79.9. The van der Waals surface area contributed by atoms with Crippen molar-refractivity contribution in [1.29, 1.82) is 5.41 Å². The Morgan fingerprint density at radius 3 is 2.30 bits per heavy atom. The van der Waals surface area contributed by atoms with Crippen LogP contribution in [0.4, 0.5) is 37.7 Å². The summed E-state index contributed by atoms with van der Waals surface area (Å²) in [6.07, 6.45) is -7.98. The molecule has 0 radical (unpaired) electrons. The molecule has 33 heavy (non-hydrogen) atoms. The molecule has 1 aromatic carbocycles. The molecule has 4 N–H and O–H groups in total. The second-order valence-corrected chi connectivity index (χ2v) is 6.47. The highest BCUT2D eigenvalue weighted by atomic mass is 19.4. The number of pyridine rings is 2. The zero-order valence-electron chi connectivity index (χ0n) is 16.2. The number of benzene rings is 1. The highest BCUT2D eigenvalue weighted by molar-refractivity contribution is 6.18. The lowest BCUT2D eigenvalue weighted by Gasteiger charge is -2.19. The topological polar surface area (TPSA) is 111 Å². The number of aromatic nitrogens is 2. The molecule has 0 aliphatic carbocycles. The van der Waals surface area contributed by atoms with Crippen molar-refractivity contribution in [3.05, 3.63) is 65.8 Å². The summed E-state index contributed by atoms with van der Waals surface area (Å²) in [5.74, 6) is -1.91. The van der Waals surface area contributed by atoms with Crippen molar-refractivity contribution in [3.8, 4) is 5.88 Å². The Bertz CT molecular complexity index is 1250. The fraction of sp³-hybridized carbons (Fsp3) is 0.100. The number of rotatable bonds is 5. The molecule has 0 saturated carbocycles. The molecule has 2 heterocycles. The Balaban J connectivity index is 2.04. The number of fused-ring (bicyclic) bond motifs is 1. The number of nitrogens with zero attached hydrogens (tertiary/aromatic N) is 2. The first-order valence-corrected chi connectivity index (χ1v) is 8.92. The molecule has 0 atom stereocenters. The Hall–Kier alpha value is -4.16. The predicted molar refractivity (Wildman–Crippen MR) is 107 cm³/mol. The van der Waals surface area contributed by atoms with Crippen LogP contribution in [-0.2, 0) is 11.0 Å². The van der Waals surface area contributed by atoms with Crippen LogP contribution >= 0.6 is 0 Å². The molecule has 7 nitrogen and oxygen atoms in total. The molecule has 3 rings (SSSR count). The second kappa shape index (κ2) is 8.76. The number of anilines is 2. The van der Waals surface area contributed by atoms with E-state index in [1.165, 1.54) is 24.3 Å². The largest absolute Gasteiger partial charge is 0.493 e. The third-order valence-electron chi connectivity index (χ3n) is 4.29. The molecule has 2 aromatic heterocycles. The maximum absolute atomic E-state index is 13.8. The second-order valence-electron chi connectivity index (χ2n) is 6.47. The molecular formula is C20H13F6N5O2. The number of allylic oxidation sites excluding steroid dienone is 1. The van der Waals surface area contributed by atoms with Gasteiger partial charge >= 0.3 is 12.4 Å². The van der Waals surface area contributed by atoms with Crippen LogP contribution in [0.3, 0.4) is 0 Å². The number of hydrogen-bond acceptors (Lipinski definition) is 6. The summed E-state index contributed by atoms with van der Waals surface area (Å²) in [5.41, 5.74) is -4.82. The van der Waals surface area contributed by atoms with Gasteiger partial charge in [-0.2, -0.15) is 26.3 Å². The summed E-state index contributed by atoms with van der Waals surface area (Å²) >= 11 is 0. The molecule has 0 aliphatic rings. The third kappa shape index (κ3) is 5.19. The normalized spacial score (nSPS) is 12.8. The van der Waals surface area contributed by atoms with Gasteiger partial charge in [0, 0.05) is 40.8 Å². The maximum atomic E-state index is 13.8. The van der Waals surface area contributed by atoms with E-state index in [0.717, 1.165) is 18.5 Å². The van der Waals surface area contributed by atoms with E-state index in [-0.39, 0.29) is 22.7 Å². The van der Waals surface area contributed by atoms with Gasteiger partial charge < -0.3 is 21.1 Å². The average Bonchev–Trinajstić information content (AvgIpc) is 2.73. The SMILES string of the molecule is N=C/C(C(=O)Nc1ccnc(C(F)(F)F)c1)=C(\Nc1cccc2c(O)nccc12)C(F)(F)F. The first-order chi connectivity index (χ1) is 15.4. The minimum Gasteiger partial charge on any atom is -0.493 e. The minimum absolute atomic E-state index is 0.126. The van der Waals surface area contributed by atoms with Gasteiger partial charge in [0.25, 0.3) is 5.91 Å². The van der Waals surface area contributed by atoms with Crippen molar-refractivity contribution >= 4 is 34.3 Å². The van der Waals surface area contributed by atoms with Crippen LogP contribution in [0.25, 0.3) is 10.8 Å². The van der Waals surface area contributed by atoms with Crippen molar-refractivity contribution in [1.82, 2.24) is 9.97 Å². The Kier molecular flexibility index (Phi) is 6.24. The summed E-state index contributed by atoms with van der Waals surface area (Å²) in [4.78, 5) is 19.2. The fourth-order valence-electron chi connectivity index (χ4n) is 2.84. The molecule has 0 saturated heterocycles. The first kappa shape index (κ1) is 23.5. The van der Waals surface area contributed by atoms with Gasteiger partial charge in [0.2, 0.25) is 5.88 Å². The highest BCUT2D eigenvalue weighted by Gasteiger charge is 2.39. The highest BCUT2D eigenvalue weighted by Crippen LogP contribution is 2.34. The molecule has 0 unspecified atom stereocenters. The van der Waals surface area contributed by atoms with Gasteiger partial charge in [0.1, 0.15) is 11.4 Å². The number of hydrogen-bond donors (Lipinski definition) is 4. The zero-order chi connectivity index (χ0) is 24.4. The number of amides is 1. The number of nitrogens with one attached hydrogen (secondary N) is 3. The van der Waals surface area contributed by atoms with E-state index in [4.69, 9.17) is 5.41 Å². The fourth-order valence-corrected chi connectivity index (χ4v) is 2.84. The lowest BCUT2D eigenvalue weighted by atomic mass is 10.1. The van der Waals surface area contributed by atoms with Crippen molar-refractivity contribution in [2.75, 3.05) is 10.6 Å². The zero-order valence-corrected chi connectivity index (χ0v) is 16.2. The number of carbonyl (C=O) groups is 1. The summed E-state index contributed by atoms with van der Waals surface area (Å²) in [6.45, 7) is 0. The number of carbonyl (C=O) groups excluding carboxylic acids is 1. The van der Waals surface area contributed by atoms with Gasteiger partial charge in [-0.25, -0.2) is 4.98 Å². The van der Waals surface area contributed by atoms with Crippen LogP contribution in [0.15, 0.2) is 60.1 Å². The van der Waals surface area contributed by atoms with E-state index in [0.29, 0.717) is 6.07 Å². The number of aromatic hydroxyl groups is 1. The molecule has 0 bridgehead atoms. The number of alkyl halides is 6. The standard InChI is InChI=1S/C20H13F6N5O2/c21-19(22,23)15-8-10(4-6-28-15)30-18(33)13(9-27)16(20(24,25)26)31-14-3-1-2-12-11(14)5-7-29-17(12)32/h1-9,27,31H,(H,29,32)(H,28,30,33)/b16-13+,27-9?. The third-order valence-corrected chi connectivity index (χ3v) is 4.29. The number of halogens is 6. The smallest absolute Gasteiger partial charge is 0.433 e. The Labute approximate surface area is 181 Å². The lowest BCUT2D eigenvalue weighted by Crippen LogP contribution is -2.27. The van der Waals surface area contributed by atoms with Gasteiger partial charge in [-0.05, 0) is 30.3 Å². The minimum atomic E-state index is -5.16. The van der Waals surface area contributed by atoms with Gasteiger partial charge in [-0.3, -0.25) is 9.78 Å². The van der Waals surface area contributed by atoms with E-state index in [1.54, 1.807) is 0 Å². The summed E-state index contributed by atoms with van der Waals surface area (Å²) in [5, 5.41) is 21.4. The van der Waals surface area contributed by atoms with Crippen LogP contribution in [0.5, 0.6) is 5.88 Å². The quantitative estimate of drug-likeness (QED) is 0.242. The maximum Gasteiger partial charge on any atom is 0.433 e. The van der Waals surface area contributed by atoms with E-state index in [9.17, 15) is 36.2 Å². The monoisotopic (exact) mass is 469 g/mol. The summed E-state index contributed by atoms with van der Waals surface area (Å²) in [6, 6.07) is 6.71. The molecule has 13 heteroatoms. The molecule has 1 amide bonds. The van der Waals surface area contributed by atoms with Crippen LogP contribution < -0.4 is 10.6 Å². The predicted octanol–water partition coefficient (Wildman–Crippen LogP) is 4.87. The van der Waals surface area contributed by atoms with Crippen LogP contribution in [0, 0.1) is 5.41 Å². The molecule has 172 valence electrons. The van der Waals surface area contributed by atoms with Crippen molar-refractivity contribution < 1.29 is 36.2 Å². The Morgan fingerprint density at radius 2 is 1.67 bits per heavy atom. The molecule has 3 aromatic rings. The summed E-state index contributed by atoms with van der Waals surface area (Å²) in [7, 11) is 0. The molecule has 0 aliphatic heterocycles. The van der Waals surface area contributed by atoms with Crippen molar-refractivity contribution in [2.45, 2.75) is 12.4 Å². The molecular weight excluding hydrogens is 456 g/mol. The van der Waals surface area contributed by atoms with E-state index >= 15 is 0 Å². The van der Waals surface area contributed by atoms with Crippen LogP contribution in [-0.4, -0.2) is 33.4 Å². The van der Waals surface area contributed by atoms with Crippen molar-refractivity contribution in [3.63, 3.8) is 0 Å². The van der Waals surface area contributed by atoms with Crippen LogP contribution in [0.1, 0.15) is 5.69 Å². The van der Waals surface area contributed by atoms with E-state index in [1.807, 2.05) is 5.32 Å².